The number of rotatable bonds is 2. The van der Waals surface area contributed by atoms with Crippen molar-refractivity contribution in [3.63, 3.8) is 0 Å². The van der Waals surface area contributed by atoms with Crippen LogP contribution < -0.4 is 0 Å². The number of hydrogen-bond donors (Lipinski definition) is 0. The smallest absolute Gasteiger partial charge is 0.169 e. The zero-order chi connectivity index (χ0) is 15.9. The number of carbonyl (C=O) groups is 1. The van der Waals surface area contributed by atoms with Gasteiger partial charge in [-0.15, -0.1) is 0 Å². The third kappa shape index (κ3) is 2.44. The van der Waals surface area contributed by atoms with Crippen LogP contribution >= 0.6 is 0 Å². The molecule has 4 nitrogen and oxygen atoms in total. The maximum absolute atomic E-state index is 13.9. The lowest BCUT2D eigenvalue weighted by atomic mass is 9.84. The molecule has 6 heteroatoms. The maximum Gasteiger partial charge on any atom is 0.169 e. The summed E-state index contributed by atoms with van der Waals surface area (Å²) >= 11 is 0. The number of sulfone groups is 1. The number of ketones is 1. The number of fused-ring (bicyclic) bond motifs is 2. The Balaban J connectivity index is 1.90. The molecule has 1 aromatic rings. The predicted octanol–water partition coefficient (Wildman–Crippen LogP) is 2.63. The fraction of sp³-hybridized carbons (Fsp3) is 0.500. The lowest BCUT2D eigenvalue weighted by molar-refractivity contribution is 0.0889. The first-order valence-electron chi connectivity index (χ1n) is 7.40. The highest BCUT2D eigenvalue weighted by molar-refractivity contribution is 7.92. The van der Waals surface area contributed by atoms with Crippen LogP contribution in [0.1, 0.15) is 48.0 Å². The first-order chi connectivity index (χ1) is 10.4. The first-order valence-corrected chi connectivity index (χ1v) is 9.01. The Labute approximate surface area is 128 Å². The molecular formula is C16H16FNO3S. The van der Waals surface area contributed by atoms with Crippen molar-refractivity contribution < 1.29 is 17.6 Å². The van der Waals surface area contributed by atoms with Gasteiger partial charge in [-0.05, 0) is 43.9 Å². The molecule has 22 heavy (non-hydrogen) atoms. The summed E-state index contributed by atoms with van der Waals surface area (Å²) in [7, 11) is -3.14. The Morgan fingerprint density at radius 3 is 2.45 bits per heavy atom. The third-order valence-corrected chi connectivity index (χ3v) is 7.52. The van der Waals surface area contributed by atoms with E-state index in [1.807, 2.05) is 6.07 Å². The monoisotopic (exact) mass is 321 g/mol. The summed E-state index contributed by atoms with van der Waals surface area (Å²) in [6, 6.07) is 5.59. The summed E-state index contributed by atoms with van der Waals surface area (Å²) in [5.41, 5.74) is 0.134. The lowest BCUT2D eigenvalue weighted by Gasteiger charge is -2.38. The van der Waals surface area contributed by atoms with Gasteiger partial charge in [0.25, 0.3) is 0 Å². The molecule has 2 aliphatic heterocycles. The van der Waals surface area contributed by atoms with Crippen LogP contribution in [-0.4, -0.2) is 24.7 Å². The van der Waals surface area contributed by atoms with Gasteiger partial charge in [-0.25, -0.2) is 12.8 Å². The van der Waals surface area contributed by atoms with E-state index in [0.29, 0.717) is 12.8 Å². The lowest BCUT2D eigenvalue weighted by Crippen LogP contribution is -2.45. The van der Waals surface area contributed by atoms with Gasteiger partial charge in [0.2, 0.25) is 0 Å². The first kappa shape index (κ1) is 15.2. The fourth-order valence-corrected chi connectivity index (χ4v) is 6.16. The van der Waals surface area contributed by atoms with Crippen molar-refractivity contribution in [1.29, 1.82) is 5.26 Å². The minimum Gasteiger partial charge on any atom is -0.294 e. The number of nitrogens with zero attached hydrogens (tertiary/aromatic N) is 1. The van der Waals surface area contributed by atoms with Crippen LogP contribution in [0.15, 0.2) is 18.2 Å². The van der Waals surface area contributed by atoms with Gasteiger partial charge in [-0.2, -0.15) is 5.26 Å². The van der Waals surface area contributed by atoms with E-state index in [-0.39, 0.29) is 29.8 Å². The van der Waals surface area contributed by atoms with Crippen LogP contribution in [0.25, 0.3) is 0 Å². The van der Waals surface area contributed by atoms with Crippen molar-refractivity contribution in [2.75, 3.05) is 0 Å². The van der Waals surface area contributed by atoms with Crippen molar-refractivity contribution in [3.05, 3.63) is 35.1 Å². The highest BCUT2D eigenvalue weighted by atomic mass is 32.2. The summed E-state index contributed by atoms with van der Waals surface area (Å²) in [5, 5.41) is 7.93. The van der Waals surface area contributed by atoms with Gasteiger partial charge in [0.1, 0.15) is 5.82 Å². The molecule has 2 atom stereocenters. The van der Waals surface area contributed by atoms with Crippen molar-refractivity contribution >= 4 is 15.6 Å². The quantitative estimate of drug-likeness (QED) is 0.785. The second-order valence-electron chi connectivity index (χ2n) is 6.10. The number of carbonyl (C=O) groups excluding carboxylic acids is 1. The van der Waals surface area contributed by atoms with Gasteiger partial charge < -0.3 is 0 Å². The van der Waals surface area contributed by atoms with E-state index >= 15 is 0 Å². The average Bonchev–Trinajstić information content (AvgIpc) is 2.46. The van der Waals surface area contributed by atoms with Gasteiger partial charge in [0.15, 0.2) is 15.6 Å². The Hall–Kier alpha value is -1.74. The standard InChI is InChI=1S/C16H16FNO3S/c17-15-5-4-10(9-18)6-14(15)16(19)11-7-12-2-1-3-13(8-11)22(12,20)21/h4-6,11-13H,1-3,7-8H2. The van der Waals surface area contributed by atoms with E-state index in [1.165, 1.54) is 12.1 Å². The molecule has 2 aliphatic rings. The molecule has 0 radical (unpaired) electrons. The van der Waals surface area contributed by atoms with Gasteiger partial charge in [0, 0.05) is 5.92 Å². The van der Waals surface area contributed by atoms with Crippen molar-refractivity contribution in [3.8, 4) is 6.07 Å². The second-order valence-corrected chi connectivity index (χ2v) is 8.61. The van der Waals surface area contributed by atoms with E-state index in [4.69, 9.17) is 5.26 Å². The average molecular weight is 321 g/mol. The van der Waals surface area contributed by atoms with Gasteiger partial charge in [0.05, 0.1) is 27.7 Å². The summed E-state index contributed by atoms with van der Waals surface area (Å²) < 4.78 is 38.4. The number of nitriles is 1. The van der Waals surface area contributed by atoms with Crippen LogP contribution in [-0.2, 0) is 9.84 Å². The minimum atomic E-state index is -3.14. The predicted molar refractivity (Wildman–Crippen MR) is 78.5 cm³/mol. The van der Waals surface area contributed by atoms with E-state index in [0.717, 1.165) is 12.5 Å². The SMILES string of the molecule is N#Cc1ccc(F)c(C(=O)C2CC3CCCC(C2)S3(=O)=O)c1. The van der Waals surface area contributed by atoms with Gasteiger partial charge >= 0.3 is 0 Å². The molecule has 2 heterocycles. The van der Waals surface area contributed by atoms with E-state index in [1.54, 1.807) is 0 Å². The van der Waals surface area contributed by atoms with E-state index in [2.05, 4.69) is 0 Å². The van der Waals surface area contributed by atoms with Crippen molar-refractivity contribution in [1.82, 2.24) is 0 Å². The normalized spacial score (nSPS) is 29.5. The van der Waals surface area contributed by atoms with Crippen LogP contribution in [0.4, 0.5) is 4.39 Å². The Morgan fingerprint density at radius 1 is 1.23 bits per heavy atom. The number of benzene rings is 1. The molecule has 3 rings (SSSR count). The molecule has 116 valence electrons. The van der Waals surface area contributed by atoms with E-state index < -0.39 is 32.1 Å². The molecule has 0 aromatic heterocycles. The Bertz CT molecular complexity index is 746. The molecule has 0 saturated carbocycles. The van der Waals surface area contributed by atoms with Crippen molar-refractivity contribution in [2.24, 2.45) is 5.92 Å². The molecule has 0 spiro atoms. The molecular weight excluding hydrogens is 305 g/mol. The highest BCUT2D eigenvalue weighted by Crippen LogP contribution is 2.40. The molecule has 2 unspecified atom stereocenters. The van der Waals surface area contributed by atoms with E-state index in [9.17, 15) is 17.6 Å². The van der Waals surface area contributed by atoms with Crippen LogP contribution in [0, 0.1) is 23.1 Å². The molecule has 0 amide bonds. The molecule has 2 saturated heterocycles. The molecule has 0 N–H and O–H groups in total. The zero-order valence-electron chi connectivity index (χ0n) is 12.0. The number of halogens is 1. The van der Waals surface area contributed by atoms with Crippen LogP contribution in [0.3, 0.4) is 0 Å². The van der Waals surface area contributed by atoms with Gasteiger partial charge in [-0.3, -0.25) is 4.79 Å². The fourth-order valence-electron chi connectivity index (χ4n) is 3.63. The third-order valence-electron chi connectivity index (χ3n) is 4.81. The summed E-state index contributed by atoms with van der Waals surface area (Å²) in [6.45, 7) is 0. The summed E-state index contributed by atoms with van der Waals surface area (Å²) in [4.78, 5) is 12.6. The van der Waals surface area contributed by atoms with Gasteiger partial charge in [-0.1, -0.05) is 6.42 Å². The number of Topliss-reactive ketones (excluding diaryl/α,β-unsaturated/α-hetero) is 1. The Kier molecular flexibility index (Phi) is 3.77. The Morgan fingerprint density at radius 2 is 1.86 bits per heavy atom. The summed E-state index contributed by atoms with van der Waals surface area (Å²) in [6.07, 6.45) is 2.59. The molecule has 2 bridgehead atoms. The maximum atomic E-state index is 13.9. The molecule has 1 aromatic carbocycles. The topological polar surface area (TPSA) is 75.0 Å². The minimum absolute atomic E-state index is 0.0959. The molecule has 2 fully saturated rings. The molecule has 0 aliphatic carbocycles. The van der Waals surface area contributed by atoms with Crippen LogP contribution in [0.2, 0.25) is 0 Å². The second kappa shape index (κ2) is 5.47. The number of hydrogen-bond acceptors (Lipinski definition) is 4. The van der Waals surface area contributed by atoms with Crippen LogP contribution in [0.5, 0.6) is 0 Å². The van der Waals surface area contributed by atoms with Crippen molar-refractivity contribution in [2.45, 2.75) is 42.6 Å². The highest BCUT2D eigenvalue weighted by Gasteiger charge is 2.46. The zero-order valence-corrected chi connectivity index (χ0v) is 12.8. The summed E-state index contributed by atoms with van der Waals surface area (Å²) in [5.74, 6) is -1.49. The largest absolute Gasteiger partial charge is 0.294 e.